The van der Waals surface area contributed by atoms with E-state index in [1.54, 1.807) is 0 Å². The molecular formula is C15H18FN5O3. The average molecular weight is 335 g/mol. The van der Waals surface area contributed by atoms with Crippen molar-refractivity contribution in [1.82, 2.24) is 24.8 Å². The topological polar surface area (TPSA) is 100 Å². The van der Waals surface area contributed by atoms with Crippen LogP contribution in [0.2, 0.25) is 0 Å². The minimum absolute atomic E-state index is 0.0287. The van der Waals surface area contributed by atoms with Gasteiger partial charge in [0, 0.05) is 32.2 Å². The molecular weight excluding hydrogens is 317 g/mol. The number of hydrogen-bond acceptors (Lipinski definition) is 5. The Morgan fingerprint density at radius 3 is 2.79 bits per heavy atom. The summed E-state index contributed by atoms with van der Waals surface area (Å²) >= 11 is 0. The van der Waals surface area contributed by atoms with Crippen molar-refractivity contribution in [3.8, 4) is 0 Å². The number of halogens is 1. The Hall–Kier alpha value is -2.55. The van der Waals surface area contributed by atoms with Gasteiger partial charge in [-0.15, -0.1) is 0 Å². The standard InChI is InChI=1S/C15H18FN5O3/c16-12-2-1-11-14(19-12)21(13(22)9-17-11)8-7-20-5-3-10(4-6-20)18-15(23)24/h1-2,9-10,18H,3-8H2,(H,23,24). The van der Waals surface area contributed by atoms with Crippen molar-refractivity contribution < 1.29 is 14.3 Å². The maximum absolute atomic E-state index is 13.4. The SMILES string of the molecule is O=C(O)NC1CCN(CCn2c(=O)cnc3ccc(F)nc32)CC1. The fraction of sp³-hybridized carbons (Fsp3) is 0.467. The van der Waals surface area contributed by atoms with Gasteiger partial charge < -0.3 is 15.3 Å². The van der Waals surface area contributed by atoms with Crippen molar-refractivity contribution in [1.29, 1.82) is 0 Å². The van der Waals surface area contributed by atoms with Gasteiger partial charge in [0.2, 0.25) is 5.95 Å². The van der Waals surface area contributed by atoms with Gasteiger partial charge >= 0.3 is 6.09 Å². The maximum Gasteiger partial charge on any atom is 0.404 e. The van der Waals surface area contributed by atoms with E-state index in [2.05, 4.69) is 20.2 Å². The molecule has 1 aliphatic heterocycles. The number of piperidine rings is 1. The van der Waals surface area contributed by atoms with Gasteiger partial charge in [0.15, 0.2) is 5.65 Å². The molecule has 1 fully saturated rings. The summed E-state index contributed by atoms with van der Waals surface area (Å²) in [4.78, 5) is 32.6. The third kappa shape index (κ3) is 3.67. The van der Waals surface area contributed by atoms with Crippen LogP contribution in [0.1, 0.15) is 12.8 Å². The molecule has 0 aliphatic carbocycles. The lowest BCUT2D eigenvalue weighted by atomic mass is 10.1. The van der Waals surface area contributed by atoms with E-state index in [0.29, 0.717) is 18.6 Å². The molecule has 24 heavy (non-hydrogen) atoms. The molecule has 128 valence electrons. The number of carbonyl (C=O) groups is 1. The van der Waals surface area contributed by atoms with Crippen molar-refractivity contribution in [2.45, 2.75) is 25.4 Å². The number of amides is 1. The molecule has 2 aromatic heterocycles. The highest BCUT2D eigenvalue weighted by Gasteiger charge is 2.20. The lowest BCUT2D eigenvalue weighted by Gasteiger charge is -2.31. The highest BCUT2D eigenvalue weighted by atomic mass is 19.1. The molecule has 0 bridgehead atoms. The molecule has 0 unspecified atom stereocenters. The van der Waals surface area contributed by atoms with Crippen LogP contribution in [0.15, 0.2) is 23.1 Å². The molecule has 1 saturated heterocycles. The van der Waals surface area contributed by atoms with Crippen molar-refractivity contribution in [3.05, 3.63) is 34.6 Å². The first kappa shape index (κ1) is 16.3. The van der Waals surface area contributed by atoms with Crippen LogP contribution in [0.25, 0.3) is 11.2 Å². The zero-order chi connectivity index (χ0) is 17.1. The Kier molecular flexibility index (Phi) is 4.70. The zero-order valence-electron chi connectivity index (χ0n) is 13.0. The fourth-order valence-electron chi connectivity index (χ4n) is 2.95. The number of rotatable bonds is 4. The minimum atomic E-state index is -1.00. The molecule has 3 rings (SSSR count). The van der Waals surface area contributed by atoms with Crippen LogP contribution in [0.4, 0.5) is 9.18 Å². The third-order valence-corrected chi connectivity index (χ3v) is 4.21. The predicted molar refractivity (Wildman–Crippen MR) is 84.4 cm³/mol. The van der Waals surface area contributed by atoms with Crippen molar-refractivity contribution in [3.63, 3.8) is 0 Å². The summed E-state index contributed by atoms with van der Waals surface area (Å²) in [5.41, 5.74) is 0.397. The van der Waals surface area contributed by atoms with Gasteiger partial charge in [0.05, 0.1) is 6.20 Å². The molecule has 3 heterocycles. The Bertz CT molecular complexity index is 801. The molecule has 1 aliphatic rings. The van der Waals surface area contributed by atoms with E-state index in [1.807, 2.05) is 0 Å². The average Bonchev–Trinajstić information content (AvgIpc) is 2.55. The first-order valence-corrected chi connectivity index (χ1v) is 7.77. The number of nitrogens with one attached hydrogen (secondary N) is 1. The molecule has 2 aromatic rings. The van der Waals surface area contributed by atoms with Crippen LogP contribution in [-0.4, -0.2) is 56.3 Å². The summed E-state index contributed by atoms with van der Waals surface area (Å²) < 4.78 is 14.8. The zero-order valence-corrected chi connectivity index (χ0v) is 13.0. The van der Waals surface area contributed by atoms with E-state index in [-0.39, 0.29) is 17.2 Å². The summed E-state index contributed by atoms with van der Waals surface area (Å²) in [6.45, 7) is 2.47. The van der Waals surface area contributed by atoms with Crippen molar-refractivity contribution >= 4 is 17.3 Å². The van der Waals surface area contributed by atoms with Crippen LogP contribution in [0, 0.1) is 5.95 Å². The van der Waals surface area contributed by atoms with E-state index in [4.69, 9.17) is 5.11 Å². The van der Waals surface area contributed by atoms with Gasteiger partial charge in [-0.3, -0.25) is 9.36 Å². The van der Waals surface area contributed by atoms with Gasteiger partial charge in [-0.2, -0.15) is 9.37 Å². The summed E-state index contributed by atoms with van der Waals surface area (Å²) in [5.74, 6) is -0.649. The predicted octanol–water partition coefficient (Wildman–Crippen LogP) is 0.663. The van der Waals surface area contributed by atoms with E-state index >= 15 is 0 Å². The molecule has 0 radical (unpaired) electrons. The second-order valence-electron chi connectivity index (χ2n) is 5.79. The largest absolute Gasteiger partial charge is 0.465 e. The molecule has 0 aromatic carbocycles. The maximum atomic E-state index is 13.4. The van der Waals surface area contributed by atoms with Gasteiger partial charge in [-0.1, -0.05) is 0 Å². The van der Waals surface area contributed by atoms with Crippen molar-refractivity contribution in [2.24, 2.45) is 0 Å². The lowest BCUT2D eigenvalue weighted by Crippen LogP contribution is -2.45. The summed E-state index contributed by atoms with van der Waals surface area (Å²) in [6, 6.07) is 2.68. The number of pyridine rings is 1. The van der Waals surface area contributed by atoms with Gasteiger partial charge in [0.25, 0.3) is 5.56 Å². The number of likely N-dealkylation sites (tertiary alicyclic amines) is 1. The number of nitrogens with zero attached hydrogens (tertiary/aromatic N) is 4. The lowest BCUT2D eigenvalue weighted by molar-refractivity contribution is 0.166. The molecule has 0 spiro atoms. The minimum Gasteiger partial charge on any atom is -0.465 e. The second-order valence-corrected chi connectivity index (χ2v) is 5.79. The summed E-state index contributed by atoms with van der Waals surface area (Å²) in [6.07, 6.45) is 1.66. The van der Waals surface area contributed by atoms with Crippen LogP contribution in [0.3, 0.4) is 0 Å². The molecule has 8 nitrogen and oxygen atoms in total. The number of hydrogen-bond donors (Lipinski definition) is 2. The van der Waals surface area contributed by atoms with Crippen LogP contribution in [0.5, 0.6) is 0 Å². The molecule has 0 atom stereocenters. The van der Waals surface area contributed by atoms with E-state index in [9.17, 15) is 14.0 Å². The fourth-order valence-corrected chi connectivity index (χ4v) is 2.95. The number of aromatic nitrogens is 3. The van der Waals surface area contributed by atoms with Gasteiger partial charge in [0.1, 0.15) is 5.52 Å². The highest BCUT2D eigenvalue weighted by Crippen LogP contribution is 2.11. The molecule has 9 heteroatoms. The Morgan fingerprint density at radius 2 is 2.08 bits per heavy atom. The quantitative estimate of drug-likeness (QED) is 0.796. The summed E-state index contributed by atoms with van der Waals surface area (Å²) in [7, 11) is 0. The summed E-state index contributed by atoms with van der Waals surface area (Å²) in [5, 5.41) is 11.2. The molecule has 1 amide bonds. The molecule has 2 N–H and O–H groups in total. The highest BCUT2D eigenvalue weighted by molar-refractivity contribution is 5.69. The van der Waals surface area contributed by atoms with Crippen LogP contribution in [-0.2, 0) is 6.54 Å². The number of carboxylic acid groups (broad SMARTS) is 1. The second kappa shape index (κ2) is 6.91. The van der Waals surface area contributed by atoms with Gasteiger partial charge in [-0.25, -0.2) is 9.78 Å². The Labute approximate surface area is 136 Å². The molecule has 0 saturated carbocycles. The van der Waals surface area contributed by atoms with Crippen LogP contribution < -0.4 is 10.9 Å². The van der Waals surface area contributed by atoms with Crippen LogP contribution >= 0.6 is 0 Å². The van der Waals surface area contributed by atoms with Gasteiger partial charge in [-0.05, 0) is 25.0 Å². The first-order valence-electron chi connectivity index (χ1n) is 7.77. The first-order chi connectivity index (χ1) is 11.5. The third-order valence-electron chi connectivity index (χ3n) is 4.21. The Balaban J connectivity index is 1.66. The Morgan fingerprint density at radius 1 is 1.33 bits per heavy atom. The monoisotopic (exact) mass is 335 g/mol. The smallest absolute Gasteiger partial charge is 0.404 e. The van der Waals surface area contributed by atoms with E-state index < -0.39 is 12.0 Å². The van der Waals surface area contributed by atoms with Crippen molar-refractivity contribution in [2.75, 3.05) is 19.6 Å². The normalized spacial score (nSPS) is 16.4. The van der Waals surface area contributed by atoms with E-state index in [1.165, 1.54) is 22.9 Å². The number of fused-ring (bicyclic) bond motifs is 1. The van der Waals surface area contributed by atoms with E-state index in [0.717, 1.165) is 25.9 Å².